The smallest absolute Gasteiger partial charge is 0.0417 e. The van der Waals surface area contributed by atoms with Crippen LogP contribution < -0.4 is 0 Å². The largest absolute Gasteiger partial charge is 0.0843 e. The molecule has 11 heavy (non-hydrogen) atoms. The molecule has 0 aliphatic heterocycles. The molecule has 0 heterocycles. The van der Waals surface area contributed by atoms with E-state index >= 15 is 0 Å². The first-order valence-corrected chi connectivity index (χ1v) is 4.73. The zero-order valence-corrected chi connectivity index (χ0v) is 8.91. The number of benzene rings is 1. The summed E-state index contributed by atoms with van der Waals surface area (Å²) in [6.45, 7) is 4.32. The average molecular weight is 234 g/mol. The molecule has 0 atom stereocenters. The van der Waals surface area contributed by atoms with Crippen molar-refractivity contribution in [1.82, 2.24) is 0 Å². The van der Waals surface area contributed by atoms with Crippen molar-refractivity contribution in [3.63, 3.8) is 0 Å². The van der Waals surface area contributed by atoms with Crippen molar-refractivity contribution in [3.8, 4) is 0 Å². The van der Waals surface area contributed by atoms with E-state index in [1.807, 2.05) is 12.1 Å². The number of halogens is 2. The molecule has 0 saturated heterocycles. The van der Waals surface area contributed by atoms with Gasteiger partial charge in [0, 0.05) is 9.50 Å². The predicted molar refractivity (Wildman–Crippen MR) is 53.2 cm³/mol. The quantitative estimate of drug-likeness (QED) is 0.681. The van der Waals surface area contributed by atoms with Gasteiger partial charge in [-0.3, -0.25) is 0 Å². The van der Waals surface area contributed by atoms with Crippen LogP contribution in [0.5, 0.6) is 0 Å². The maximum absolute atomic E-state index is 5.79. The Kier molecular flexibility index (Phi) is 2.97. The van der Waals surface area contributed by atoms with Crippen molar-refractivity contribution in [2.45, 2.75) is 19.8 Å². The third-order valence-electron chi connectivity index (χ3n) is 1.58. The van der Waals surface area contributed by atoms with Crippen LogP contribution in [-0.2, 0) is 0 Å². The molecule has 0 saturated carbocycles. The van der Waals surface area contributed by atoms with Gasteiger partial charge in [-0.1, -0.05) is 47.4 Å². The molecule has 0 fully saturated rings. The lowest BCUT2D eigenvalue weighted by Crippen LogP contribution is -1.87. The summed E-state index contributed by atoms with van der Waals surface area (Å²) in [5.41, 5.74) is 1.30. The zero-order chi connectivity index (χ0) is 8.43. The molecule has 0 spiro atoms. The summed E-state index contributed by atoms with van der Waals surface area (Å²) in [4.78, 5) is 0. The second-order valence-corrected chi connectivity index (χ2v) is 4.11. The number of hydrogen-bond donors (Lipinski definition) is 0. The summed E-state index contributed by atoms with van der Waals surface area (Å²) in [7, 11) is 0. The molecule has 0 nitrogen and oxygen atoms in total. The van der Waals surface area contributed by atoms with Gasteiger partial charge in [0.1, 0.15) is 0 Å². The summed E-state index contributed by atoms with van der Waals surface area (Å²) >= 11 is 9.25. The van der Waals surface area contributed by atoms with Crippen LogP contribution in [0.15, 0.2) is 22.7 Å². The first kappa shape index (κ1) is 9.08. The third kappa shape index (κ3) is 2.21. The van der Waals surface area contributed by atoms with Crippen molar-refractivity contribution in [2.75, 3.05) is 0 Å². The van der Waals surface area contributed by atoms with E-state index in [9.17, 15) is 0 Å². The lowest BCUT2D eigenvalue weighted by molar-refractivity contribution is 0.861. The summed E-state index contributed by atoms with van der Waals surface area (Å²) in [5, 5.41) is 0.779. The van der Waals surface area contributed by atoms with Crippen LogP contribution in [-0.4, -0.2) is 0 Å². The van der Waals surface area contributed by atoms with Crippen LogP contribution in [0.1, 0.15) is 25.3 Å². The molecule has 2 heteroatoms. The van der Waals surface area contributed by atoms with Gasteiger partial charge in [-0.25, -0.2) is 0 Å². The van der Waals surface area contributed by atoms with E-state index in [0.717, 1.165) is 9.50 Å². The number of rotatable bonds is 1. The van der Waals surface area contributed by atoms with E-state index in [1.54, 1.807) is 0 Å². The Bertz CT molecular complexity index is 256. The highest BCUT2D eigenvalue weighted by Gasteiger charge is 2.03. The zero-order valence-electron chi connectivity index (χ0n) is 6.57. The van der Waals surface area contributed by atoms with Gasteiger partial charge in [0.2, 0.25) is 0 Å². The van der Waals surface area contributed by atoms with Gasteiger partial charge < -0.3 is 0 Å². The molecule has 60 valence electrons. The van der Waals surface area contributed by atoms with E-state index in [0.29, 0.717) is 5.92 Å². The summed E-state index contributed by atoms with van der Waals surface area (Å²) in [6, 6.07) is 5.90. The molecule has 0 aromatic heterocycles. The minimum absolute atomic E-state index is 0.543. The number of hydrogen-bond acceptors (Lipinski definition) is 0. The Balaban J connectivity index is 3.09. The molecule has 1 rings (SSSR count). The molecule has 0 bridgehead atoms. The van der Waals surface area contributed by atoms with E-state index < -0.39 is 0 Å². The van der Waals surface area contributed by atoms with Crippen LogP contribution >= 0.6 is 27.5 Å². The Hall–Kier alpha value is -0.0100. The minimum atomic E-state index is 0.543. The fourth-order valence-corrected chi connectivity index (χ4v) is 2.11. The lowest BCUT2D eigenvalue weighted by Gasteiger charge is -2.07. The van der Waals surface area contributed by atoms with Gasteiger partial charge in [-0.2, -0.15) is 0 Å². The molecule has 0 aliphatic rings. The summed E-state index contributed by atoms with van der Waals surface area (Å²) in [6.07, 6.45) is 0. The van der Waals surface area contributed by atoms with Crippen LogP contribution in [0.2, 0.25) is 5.02 Å². The van der Waals surface area contributed by atoms with Crippen LogP contribution in [0.3, 0.4) is 0 Å². The molecule has 0 radical (unpaired) electrons. The van der Waals surface area contributed by atoms with E-state index in [-0.39, 0.29) is 0 Å². The molecule has 0 N–H and O–H groups in total. The highest BCUT2D eigenvalue weighted by Crippen LogP contribution is 2.27. The fourth-order valence-electron chi connectivity index (χ4n) is 0.970. The molecule has 1 aromatic rings. The summed E-state index contributed by atoms with van der Waals surface area (Å²) < 4.78 is 1.10. The first-order valence-electron chi connectivity index (χ1n) is 3.56. The van der Waals surface area contributed by atoms with Gasteiger partial charge in [0.05, 0.1) is 0 Å². The van der Waals surface area contributed by atoms with Crippen molar-refractivity contribution in [1.29, 1.82) is 0 Å². The summed E-state index contributed by atoms with van der Waals surface area (Å²) in [5.74, 6) is 0.543. The van der Waals surface area contributed by atoms with E-state index in [1.165, 1.54) is 5.56 Å². The molecular formula is C9H10BrCl. The van der Waals surface area contributed by atoms with Gasteiger partial charge >= 0.3 is 0 Å². The Morgan fingerprint density at radius 1 is 1.36 bits per heavy atom. The van der Waals surface area contributed by atoms with Gasteiger partial charge in [-0.15, -0.1) is 0 Å². The standard InChI is InChI=1S/C9H10BrCl/c1-6(2)8-4-3-7(11)5-9(8)10/h3-6H,1-2H3. The second-order valence-electron chi connectivity index (χ2n) is 2.82. The van der Waals surface area contributed by atoms with E-state index in [4.69, 9.17) is 11.6 Å². The highest BCUT2D eigenvalue weighted by molar-refractivity contribution is 9.10. The first-order chi connectivity index (χ1) is 5.11. The van der Waals surface area contributed by atoms with Crippen molar-refractivity contribution >= 4 is 27.5 Å². The van der Waals surface area contributed by atoms with Gasteiger partial charge in [0.15, 0.2) is 0 Å². The molecule has 0 unspecified atom stereocenters. The molecular weight excluding hydrogens is 223 g/mol. The molecule has 1 aromatic carbocycles. The van der Waals surface area contributed by atoms with Crippen molar-refractivity contribution in [2.24, 2.45) is 0 Å². The second kappa shape index (κ2) is 3.59. The Morgan fingerprint density at radius 2 is 2.00 bits per heavy atom. The van der Waals surface area contributed by atoms with Gasteiger partial charge in [0.25, 0.3) is 0 Å². The monoisotopic (exact) mass is 232 g/mol. The maximum atomic E-state index is 5.79. The third-order valence-corrected chi connectivity index (χ3v) is 2.51. The SMILES string of the molecule is CC(C)c1ccc(Cl)cc1Br. The van der Waals surface area contributed by atoms with Crippen LogP contribution in [0.25, 0.3) is 0 Å². The minimum Gasteiger partial charge on any atom is -0.0843 e. The normalized spacial score (nSPS) is 10.6. The maximum Gasteiger partial charge on any atom is 0.0417 e. The Morgan fingerprint density at radius 3 is 2.45 bits per heavy atom. The Labute approximate surface area is 80.7 Å². The molecule has 0 aliphatic carbocycles. The van der Waals surface area contributed by atoms with Crippen LogP contribution in [0, 0.1) is 0 Å². The van der Waals surface area contributed by atoms with E-state index in [2.05, 4.69) is 35.8 Å². The average Bonchev–Trinajstić information content (AvgIpc) is 1.85. The van der Waals surface area contributed by atoms with Crippen LogP contribution in [0.4, 0.5) is 0 Å². The van der Waals surface area contributed by atoms with Gasteiger partial charge in [-0.05, 0) is 23.6 Å². The molecule has 0 amide bonds. The highest BCUT2D eigenvalue weighted by atomic mass is 79.9. The van der Waals surface area contributed by atoms with Crippen molar-refractivity contribution in [3.05, 3.63) is 33.3 Å². The topological polar surface area (TPSA) is 0 Å². The predicted octanol–water partition coefficient (Wildman–Crippen LogP) is 4.23. The fraction of sp³-hybridized carbons (Fsp3) is 0.333. The lowest BCUT2D eigenvalue weighted by atomic mass is 10.0. The van der Waals surface area contributed by atoms with Crippen molar-refractivity contribution < 1.29 is 0 Å².